The summed E-state index contributed by atoms with van der Waals surface area (Å²) in [5, 5.41) is 28.3. The fraction of sp³-hybridized carbons (Fsp3) is 0.130. The number of carbonyl (C=O) groups is 2. The lowest BCUT2D eigenvalue weighted by atomic mass is 10.2. The van der Waals surface area contributed by atoms with Crippen LogP contribution in [0.15, 0.2) is 67.0 Å². The van der Waals surface area contributed by atoms with Crippen molar-refractivity contribution in [1.29, 1.82) is 0 Å². The summed E-state index contributed by atoms with van der Waals surface area (Å²) in [4.78, 5) is 46.2. The van der Waals surface area contributed by atoms with Gasteiger partial charge in [0, 0.05) is 12.1 Å². The molecule has 0 aliphatic heterocycles. The highest BCUT2D eigenvalue weighted by molar-refractivity contribution is 5.88. The van der Waals surface area contributed by atoms with E-state index in [0.717, 1.165) is 12.1 Å². The number of ether oxygens (including phenoxy) is 2. The number of benzene rings is 2. The van der Waals surface area contributed by atoms with Crippen molar-refractivity contribution in [1.82, 2.24) is 0 Å². The van der Waals surface area contributed by atoms with Crippen molar-refractivity contribution >= 4 is 33.9 Å². The Labute approximate surface area is 189 Å². The number of fused-ring (bicyclic) bond motifs is 2. The smallest absolute Gasteiger partial charge is 0.371 e. The van der Waals surface area contributed by atoms with E-state index >= 15 is 0 Å². The average Bonchev–Trinajstić information content (AvgIpc) is 2.81. The van der Waals surface area contributed by atoms with E-state index in [1.54, 1.807) is 0 Å². The maximum atomic E-state index is 12.1. The van der Waals surface area contributed by atoms with Gasteiger partial charge >= 0.3 is 11.9 Å². The summed E-state index contributed by atoms with van der Waals surface area (Å²) in [6.45, 7) is -0.385. The Balaban J connectivity index is 1.40. The molecule has 4 aromatic rings. The van der Waals surface area contributed by atoms with Crippen LogP contribution >= 0.6 is 0 Å². The second-order valence-electron chi connectivity index (χ2n) is 7.15. The Bertz CT molecular complexity index is 1410. The summed E-state index contributed by atoms with van der Waals surface area (Å²) in [5.41, 5.74) is -0.941. The molecule has 34 heavy (non-hydrogen) atoms. The Kier molecular flexibility index (Phi) is 6.02. The fourth-order valence-electron chi connectivity index (χ4n) is 3.09. The molecule has 11 heteroatoms. The molecule has 2 aromatic carbocycles. The van der Waals surface area contributed by atoms with Gasteiger partial charge in [-0.15, -0.1) is 0 Å². The van der Waals surface area contributed by atoms with Gasteiger partial charge < -0.3 is 33.6 Å². The third-order valence-electron chi connectivity index (χ3n) is 4.70. The van der Waals surface area contributed by atoms with Crippen molar-refractivity contribution < 1.29 is 43.2 Å². The van der Waals surface area contributed by atoms with E-state index in [9.17, 15) is 24.3 Å². The largest absolute Gasteiger partial charge is 0.491 e. The van der Waals surface area contributed by atoms with Gasteiger partial charge in [0.05, 0.1) is 10.8 Å². The van der Waals surface area contributed by atoms with Gasteiger partial charge in [0.2, 0.25) is 11.5 Å². The lowest BCUT2D eigenvalue weighted by Crippen LogP contribution is -2.25. The minimum absolute atomic E-state index is 0.0809. The van der Waals surface area contributed by atoms with Gasteiger partial charge in [0.1, 0.15) is 42.0 Å². The molecule has 174 valence electrons. The quantitative estimate of drug-likeness (QED) is 0.345. The number of hydrogen-bond acceptors (Lipinski definition) is 9. The number of rotatable bonds is 8. The van der Waals surface area contributed by atoms with Gasteiger partial charge in [-0.25, -0.2) is 9.59 Å². The summed E-state index contributed by atoms with van der Waals surface area (Å²) in [5.74, 6) is -3.18. The van der Waals surface area contributed by atoms with Crippen LogP contribution < -0.4 is 20.3 Å². The van der Waals surface area contributed by atoms with Crippen LogP contribution in [0.5, 0.6) is 11.5 Å². The molecule has 0 fully saturated rings. The third kappa shape index (κ3) is 4.74. The molecule has 4 rings (SSSR count). The van der Waals surface area contributed by atoms with Crippen molar-refractivity contribution in [2.45, 2.75) is 6.10 Å². The van der Waals surface area contributed by atoms with Crippen molar-refractivity contribution in [3.8, 4) is 11.5 Å². The van der Waals surface area contributed by atoms with Gasteiger partial charge in [0.25, 0.3) is 0 Å². The van der Waals surface area contributed by atoms with E-state index in [0.29, 0.717) is 0 Å². The molecule has 0 unspecified atom stereocenters. The number of aliphatic hydroxyl groups is 1. The standard InChI is InChI=1S/C23H16O11/c24-11(9-31-12-1-3-18-14(5-12)16(25)7-20(33-18)22(27)28)10-32-13-2-4-19-15(6-13)17(26)8-21(34-19)23(29)30/h1-8,11,24H,9-10H2,(H,27,28)(H,29,30). The topological polar surface area (TPSA) is 174 Å². The van der Waals surface area contributed by atoms with Gasteiger partial charge in [0.15, 0.2) is 10.9 Å². The molecule has 0 radical (unpaired) electrons. The van der Waals surface area contributed by atoms with E-state index in [1.165, 1.54) is 36.4 Å². The summed E-state index contributed by atoms with van der Waals surface area (Å²) in [6, 6.07) is 10.2. The van der Waals surface area contributed by atoms with Crippen LogP contribution in [0.3, 0.4) is 0 Å². The molecule has 0 aliphatic rings. The van der Waals surface area contributed by atoms with Crippen molar-refractivity contribution in [3.63, 3.8) is 0 Å². The second kappa shape index (κ2) is 9.08. The highest BCUT2D eigenvalue weighted by Gasteiger charge is 2.14. The Morgan fingerprint density at radius 3 is 1.53 bits per heavy atom. The highest BCUT2D eigenvalue weighted by atomic mass is 16.5. The van der Waals surface area contributed by atoms with Crippen molar-refractivity contribution in [3.05, 3.63) is 80.5 Å². The minimum Gasteiger partial charge on any atom is -0.491 e. The summed E-state index contributed by atoms with van der Waals surface area (Å²) in [6.07, 6.45) is -1.08. The zero-order chi connectivity index (χ0) is 24.4. The van der Waals surface area contributed by atoms with E-state index in [-0.39, 0.29) is 46.7 Å². The monoisotopic (exact) mass is 468 g/mol. The lowest BCUT2D eigenvalue weighted by molar-refractivity contribution is 0.0627. The molecule has 3 N–H and O–H groups in total. The molecular weight excluding hydrogens is 452 g/mol. The maximum Gasteiger partial charge on any atom is 0.371 e. The van der Waals surface area contributed by atoms with Gasteiger partial charge in [-0.3, -0.25) is 9.59 Å². The van der Waals surface area contributed by atoms with Gasteiger partial charge in [-0.05, 0) is 36.4 Å². The van der Waals surface area contributed by atoms with Crippen molar-refractivity contribution in [2.24, 2.45) is 0 Å². The number of carboxylic acid groups (broad SMARTS) is 2. The van der Waals surface area contributed by atoms with E-state index < -0.39 is 40.4 Å². The first-order valence-corrected chi connectivity index (χ1v) is 9.77. The van der Waals surface area contributed by atoms with Gasteiger partial charge in [-0.1, -0.05) is 0 Å². The zero-order valence-electron chi connectivity index (χ0n) is 17.2. The van der Waals surface area contributed by atoms with Crippen LogP contribution in [-0.4, -0.2) is 46.6 Å². The first-order valence-electron chi connectivity index (χ1n) is 9.77. The number of carboxylic acids is 2. The minimum atomic E-state index is -1.36. The van der Waals surface area contributed by atoms with E-state index in [4.69, 9.17) is 28.5 Å². The maximum absolute atomic E-state index is 12.1. The predicted molar refractivity (Wildman–Crippen MR) is 116 cm³/mol. The molecule has 0 amide bonds. The van der Waals surface area contributed by atoms with Crippen LogP contribution in [0.4, 0.5) is 0 Å². The molecule has 11 nitrogen and oxygen atoms in total. The molecule has 0 saturated heterocycles. The lowest BCUT2D eigenvalue weighted by Gasteiger charge is -2.14. The fourth-order valence-corrected chi connectivity index (χ4v) is 3.09. The average molecular weight is 468 g/mol. The Morgan fingerprint density at radius 2 is 1.15 bits per heavy atom. The van der Waals surface area contributed by atoms with Crippen molar-refractivity contribution in [2.75, 3.05) is 13.2 Å². The zero-order valence-corrected chi connectivity index (χ0v) is 17.2. The second-order valence-corrected chi connectivity index (χ2v) is 7.15. The normalized spacial score (nSPS) is 11.1. The Hall–Kier alpha value is -4.64. The van der Waals surface area contributed by atoms with Gasteiger partial charge in [-0.2, -0.15) is 0 Å². The summed E-state index contributed by atoms with van der Waals surface area (Å²) < 4.78 is 21.2. The van der Waals surface area contributed by atoms with Crippen LogP contribution in [0.2, 0.25) is 0 Å². The third-order valence-corrected chi connectivity index (χ3v) is 4.70. The molecule has 0 aliphatic carbocycles. The van der Waals surface area contributed by atoms with Crippen LogP contribution in [0, 0.1) is 0 Å². The molecule has 0 atom stereocenters. The highest BCUT2D eigenvalue weighted by Crippen LogP contribution is 2.21. The molecule has 0 saturated carbocycles. The van der Waals surface area contributed by atoms with Crippen LogP contribution in [-0.2, 0) is 0 Å². The molecular formula is C23H16O11. The summed E-state index contributed by atoms with van der Waals surface area (Å²) >= 11 is 0. The predicted octanol–water partition coefficient (Wildman–Crippen LogP) is 2.11. The van der Waals surface area contributed by atoms with Crippen LogP contribution in [0.25, 0.3) is 21.9 Å². The van der Waals surface area contributed by atoms with Crippen LogP contribution in [0.1, 0.15) is 21.1 Å². The Morgan fingerprint density at radius 1 is 0.735 bits per heavy atom. The van der Waals surface area contributed by atoms with E-state index in [2.05, 4.69) is 0 Å². The molecule has 2 aromatic heterocycles. The molecule has 0 spiro atoms. The first kappa shape index (κ1) is 22.6. The first-order chi connectivity index (χ1) is 16.2. The number of aromatic carboxylic acids is 2. The molecule has 2 heterocycles. The molecule has 0 bridgehead atoms. The summed E-state index contributed by atoms with van der Waals surface area (Å²) in [7, 11) is 0. The SMILES string of the molecule is O=C(O)c1cc(=O)c2cc(OCC(O)COc3ccc4oc(C(=O)O)cc(=O)c4c3)ccc2o1. The van der Waals surface area contributed by atoms with E-state index in [1.807, 2.05) is 0 Å². The number of hydrogen-bond donors (Lipinski definition) is 3. The number of aliphatic hydroxyl groups excluding tert-OH is 1.